The largest absolute Gasteiger partial charge is 0.478 e. The molecule has 2 N–H and O–H groups in total. The summed E-state index contributed by atoms with van der Waals surface area (Å²) in [4.78, 5) is 10.7. The van der Waals surface area contributed by atoms with Gasteiger partial charge in [0.2, 0.25) is 10.0 Å². The van der Waals surface area contributed by atoms with E-state index < -0.39 is 22.0 Å². The van der Waals surface area contributed by atoms with Crippen LogP contribution in [-0.2, 0) is 10.0 Å². The van der Waals surface area contributed by atoms with Crippen LogP contribution in [0.1, 0.15) is 23.7 Å². The maximum Gasteiger partial charge on any atom is 0.337 e. The standard InChI is InChI=1S/C12H13Cl2NO4S/c1-3-4-7(2)15-20(18,19)11-5-8(12(16)17)9(13)6-10(11)14/h3,5-7,15H,1,4H2,2H3,(H,16,17). The van der Waals surface area contributed by atoms with Crippen LogP contribution < -0.4 is 4.72 Å². The third-order valence-corrected chi connectivity index (χ3v) is 4.78. The van der Waals surface area contributed by atoms with Crippen molar-refractivity contribution in [2.75, 3.05) is 0 Å². The summed E-state index contributed by atoms with van der Waals surface area (Å²) in [6.45, 7) is 5.17. The highest BCUT2D eigenvalue weighted by molar-refractivity contribution is 7.89. The zero-order valence-electron chi connectivity index (χ0n) is 10.6. The Morgan fingerprint density at radius 1 is 1.45 bits per heavy atom. The Morgan fingerprint density at radius 2 is 2.05 bits per heavy atom. The molecule has 1 unspecified atom stereocenters. The number of nitrogens with one attached hydrogen (secondary N) is 1. The summed E-state index contributed by atoms with van der Waals surface area (Å²) >= 11 is 11.5. The second-order valence-corrected chi connectivity index (χ2v) is 6.61. The molecule has 1 aromatic rings. The molecule has 0 radical (unpaired) electrons. The molecule has 0 aliphatic rings. The second kappa shape index (κ2) is 6.58. The van der Waals surface area contributed by atoms with Gasteiger partial charge in [0, 0.05) is 6.04 Å². The molecule has 20 heavy (non-hydrogen) atoms. The van der Waals surface area contributed by atoms with Gasteiger partial charge in [-0.3, -0.25) is 0 Å². The average Bonchev–Trinajstić information content (AvgIpc) is 2.27. The topological polar surface area (TPSA) is 83.5 Å². The minimum absolute atomic E-state index is 0.124. The zero-order valence-corrected chi connectivity index (χ0v) is 12.9. The molecule has 0 aliphatic carbocycles. The molecule has 0 aromatic heterocycles. The number of sulfonamides is 1. The number of hydrogen-bond acceptors (Lipinski definition) is 3. The van der Waals surface area contributed by atoms with Crippen LogP contribution in [0.5, 0.6) is 0 Å². The van der Waals surface area contributed by atoms with E-state index in [1.807, 2.05) is 0 Å². The van der Waals surface area contributed by atoms with Gasteiger partial charge in [-0.15, -0.1) is 6.58 Å². The Labute approximate surface area is 127 Å². The van der Waals surface area contributed by atoms with Gasteiger partial charge < -0.3 is 5.11 Å². The number of hydrogen-bond donors (Lipinski definition) is 2. The molecule has 0 aliphatic heterocycles. The van der Waals surface area contributed by atoms with Crippen LogP contribution >= 0.6 is 23.2 Å². The molecule has 1 atom stereocenters. The minimum Gasteiger partial charge on any atom is -0.478 e. The van der Waals surface area contributed by atoms with Gasteiger partial charge in [0.1, 0.15) is 4.90 Å². The third-order valence-electron chi connectivity index (χ3n) is 2.42. The molecule has 0 heterocycles. The quantitative estimate of drug-likeness (QED) is 0.781. The van der Waals surface area contributed by atoms with Crippen molar-refractivity contribution in [3.05, 3.63) is 40.4 Å². The van der Waals surface area contributed by atoms with E-state index >= 15 is 0 Å². The summed E-state index contributed by atoms with van der Waals surface area (Å²) < 4.78 is 26.7. The first-order valence-electron chi connectivity index (χ1n) is 5.54. The average molecular weight is 338 g/mol. The maximum atomic E-state index is 12.2. The second-order valence-electron chi connectivity index (χ2n) is 4.11. The van der Waals surface area contributed by atoms with Crippen molar-refractivity contribution < 1.29 is 18.3 Å². The first-order chi connectivity index (χ1) is 9.19. The van der Waals surface area contributed by atoms with Crippen molar-refractivity contribution in [2.45, 2.75) is 24.3 Å². The number of aromatic carboxylic acids is 1. The van der Waals surface area contributed by atoms with Gasteiger partial charge in [-0.05, 0) is 25.5 Å². The predicted molar refractivity (Wildman–Crippen MR) is 78.0 cm³/mol. The molecule has 8 heteroatoms. The molecule has 0 spiro atoms. The van der Waals surface area contributed by atoms with E-state index in [0.29, 0.717) is 6.42 Å². The van der Waals surface area contributed by atoms with Gasteiger partial charge in [-0.2, -0.15) is 0 Å². The van der Waals surface area contributed by atoms with Crippen molar-refractivity contribution in [1.29, 1.82) is 0 Å². The summed E-state index contributed by atoms with van der Waals surface area (Å²) in [5.41, 5.74) is -0.326. The first-order valence-corrected chi connectivity index (χ1v) is 7.78. The van der Waals surface area contributed by atoms with E-state index in [1.54, 1.807) is 13.0 Å². The van der Waals surface area contributed by atoms with Gasteiger partial charge >= 0.3 is 5.97 Å². The van der Waals surface area contributed by atoms with Crippen molar-refractivity contribution in [1.82, 2.24) is 4.72 Å². The number of benzene rings is 1. The van der Waals surface area contributed by atoms with E-state index in [9.17, 15) is 13.2 Å². The van der Waals surface area contributed by atoms with Gasteiger partial charge in [-0.25, -0.2) is 17.9 Å². The van der Waals surface area contributed by atoms with Gasteiger partial charge in [0.15, 0.2) is 0 Å². The van der Waals surface area contributed by atoms with Crippen LogP contribution in [0.3, 0.4) is 0 Å². The van der Waals surface area contributed by atoms with Crippen LogP contribution in [0, 0.1) is 0 Å². The first kappa shape index (κ1) is 17.0. The number of carbonyl (C=O) groups is 1. The molecule has 0 saturated carbocycles. The van der Waals surface area contributed by atoms with Crippen molar-refractivity contribution in [2.24, 2.45) is 0 Å². The van der Waals surface area contributed by atoms with E-state index in [0.717, 1.165) is 12.1 Å². The highest BCUT2D eigenvalue weighted by Crippen LogP contribution is 2.28. The van der Waals surface area contributed by atoms with Crippen LogP contribution in [0.4, 0.5) is 0 Å². The monoisotopic (exact) mass is 337 g/mol. The molecule has 0 amide bonds. The summed E-state index contributed by atoms with van der Waals surface area (Å²) in [7, 11) is -3.94. The Hall–Kier alpha value is -1.08. The molecule has 1 aromatic carbocycles. The van der Waals surface area contributed by atoms with Gasteiger partial charge in [-0.1, -0.05) is 29.3 Å². The summed E-state index contributed by atoms with van der Waals surface area (Å²) in [6.07, 6.45) is 2.00. The molecule has 0 saturated heterocycles. The van der Waals surface area contributed by atoms with Crippen LogP contribution in [-0.4, -0.2) is 25.5 Å². The predicted octanol–water partition coefficient (Wildman–Crippen LogP) is 2.93. The molecule has 110 valence electrons. The Kier molecular flexibility index (Phi) is 5.59. The van der Waals surface area contributed by atoms with E-state index in [4.69, 9.17) is 28.3 Å². The highest BCUT2D eigenvalue weighted by atomic mass is 35.5. The number of carboxylic acid groups (broad SMARTS) is 1. The fourth-order valence-electron chi connectivity index (χ4n) is 1.53. The van der Waals surface area contributed by atoms with E-state index in [2.05, 4.69) is 11.3 Å². The van der Waals surface area contributed by atoms with Crippen molar-refractivity contribution >= 4 is 39.2 Å². The normalized spacial score (nSPS) is 12.9. The lowest BCUT2D eigenvalue weighted by atomic mass is 10.2. The van der Waals surface area contributed by atoms with Gasteiger partial charge in [0.05, 0.1) is 15.6 Å². The van der Waals surface area contributed by atoms with Crippen molar-refractivity contribution in [3.63, 3.8) is 0 Å². The molecular weight excluding hydrogens is 325 g/mol. The van der Waals surface area contributed by atoms with Gasteiger partial charge in [0.25, 0.3) is 0 Å². The van der Waals surface area contributed by atoms with E-state index in [-0.39, 0.29) is 20.5 Å². The Bertz CT molecular complexity index is 643. The minimum atomic E-state index is -3.94. The summed E-state index contributed by atoms with van der Waals surface area (Å²) in [6, 6.07) is 1.65. The molecule has 0 bridgehead atoms. The number of rotatable bonds is 6. The maximum absolute atomic E-state index is 12.2. The van der Waals surface area contributed by atoms with Crippen LogP contribution in [0.15, 0.2) is 29.7 Å². The van der Waals surface area contributed by atoms with Crippen molar-refractivity contribution in [3.8, 4) is 0 Å². The molecule has 0 fully saturated rings. The van der Waals surface area contributed by atoms with E-state index in [1.165, 1.54) is 0 Å². The fraction of sp³-hybridized carbons (Fsp3) is 0.250. The zero-order chi connectivity index (χ0) is 15.5. The number of carboxylic acids is 1. The summed E-state index contributed by atoms with van der Waals surface area (Å²) in [5.74, 6) is -1.33. The SMILES string of the molecule is C=CCC(C)NS(=O)(=O)c1cc(C(=O)O)c(Cl)cc1Cl. The Balaban J connectivity index is 3.28. The molecular formula is C12H13Cl2NO4S. The molecule has 5 nitrogen and oxygen atoms in total. The third kappa shape index (κ3) is 3.96. The van der Waals surface area contributed by atoms with Crippen LogP contribution in [0.25, 0.3) is 0 Å². The Morgan fingerprint density at radius 3 is 2.55 bits per heavy atom. The lowest BCUT2D eigenvalue weighted by Crippen LogP contribution is -2.32. The lowest BCUT2D eigenvalue weighted by molar-refractivity contribution is 0.0697. The molecule has 1 rings (SSSR count). The highest BCUT2D eigenvalue weighted by Gasteiger charge is 2.23. The number of halogens is 2. The van der Waals surface area contributed by atoms with Crippen LogP contribution in [0.2, 0.25) is 10.0 Å². The fourth-order valence-corrected chi connectivity index (χ4v) is 3.64. The lowest BCUT2D eigenvalue weighted by Gasteiger charge is -2.14. The summed E-state index contributed by atoms with van der Waals surface area (Å²) in [5, 5.41) is 8.69. The smallest absolute Gasteiger partial charge is 0.337 e.